The second-order valence-corrected chi connectivity index (χ2v) is 5.97. The lowest BCUT2D eigenvalue weighted by Crippen LogP contribution is -2.55. The van der Waals surface area contributed by atoms with E-state index in [4.69, 9.17) is 9.47 Å². The monoisotopic (exact) mass is 259 g/mol. The number of hydrogen-bond acceptors (Lipinski definition) is 4. The summed E-state index contributed by atoms with van der Waals surface area (Å²) in [4.78, 5) is 13.9. The smallest absolute Gasteiger partial charge is 0.410 e. The molecule has 1 aliphatic rings. The number of amides is 1. The van der Waals surface area contributed by atoms with Crippen LogP contribution in [0.3, 0.4) is 0 Å². The Morgan fingerprint density at radius 3 is 2.50 bits per heavy atom. The molecule has 0 aromatic carbocycles. The molecule has 18 heavy (non-hydrogen) atoms. The summed E-state index contributed by atoms with van der Waals surface area (Å²) >= 11 is 0. The maximum absolute atomic E-state index is 12.2. The normalized spacial score (nSPS) is 29.2. The molecule has 0 spiro atoms. The summed E-state index contributed by atoms with van der Waals surface area (Å²) < 4.78 is 10.5. The molecule has 5 heteroatoms. The molecule has 0 radical (unpaired) electrons. The van der Waals surface area contributed by atoms with E-state index in [0.29, 0.717) is 19.4 Å². The molecular weight excluding hydrogens is 234 g/mol. The third-order valence-electron chi connectivity index (χ3n) is 2.99. The first-order chi connectivity index (χ1) is 8.24. The molecule has 3 atom stereocenters. The van der Waals surface area contributed by atoms with Gasteiger partial charge in [0.15, 0.2) is 0 Å². The first-order valence-corrected chi connectivity index (χ1v) is 6.43. The Kier molecular flexibility index (Phi) is 4.99. The van der Waals surface area contributed by atoms with Gasteiger partial charge in [-0.2, -0.15) is 0 Å². The minimum absolute atomic E-state index is 0.0382. The van der Waals surface area contributed by atoms with Crippen LogP contribution in [-0.2, 0) is 9.47 Å². The number of ether oxygens (including phenoxy) is 2. The zero-order valence-corrected chi connectivity index (χ0v) is 12.0. The van der Waals surface area contributed by atoms with E-state index in [1.165, 1.54) is 0 Å². The largest absolute Gasteiger partial charge is 0.444 e. The zero-order valence-electron chi connectivity index (χ0n) is 12.0. The summed E-state index contributed by atoms with van der Waals surface area (Å²) in [7, 11) is 1.60. The number of rotatable bonds is 2. The molecule has 0 saturated carbocycles. The lowest BCUT2D eigenvalue weighted by Gasteiger charge is -2.42. The van der Waals surface area contributed by atoms with Crippen molar-refractivity contribution in [1.82, 2.24) is 4.90 Å². The number of likely N-dealkylation sites (tertiary alicyclic amines) is 1. The Bertz CT molecular complexity index is 287. The van der Waals surface area contributed by atoms with Gasteiger partial charge in [0.1, 0.15) is 5.60 Å². The summed E-state index contributed by atoms with van der Waals surface area (Å²) in [6.07, 6.45) is 0.416. The van der Waals surface area contributed by atoms with E-state index in [1.54, 1.807) is 12.0 Å². The summed E-state index contributed by atoms with van der Waals surface area (Å²) in [6, 6.07) is -0.160. The van der Waals surface area contributed by atoms with Crippen molar-refractivity contribution < 1.29 is 19.4 Å². The van der Waals surface area contributed by atoms with E-state index in [9.17, 15) is 9.90 Å². The molecule has 1 saturated heterocycles. The fourth-order valence-electron chi connectivity index (χ4n) is 2.38. The molecule has 0 aliphatic carbocycles. The van der Waals surface area contributed by atoms with Gasteiger partial charge in [-0.1, -0.05) is 0 Å². The number of hydrogen-bond donors (Lipinski definition) is 1. The second kappa shape index (κ2) is 5.89. The average Bonchev–Trinajstić information content (AvgIpc) is 2.13. The number of nitrogens with zero attached hydrogens (tertiary/aromatic N) is 1. The SMILES string of the molecule is COCC1CC(O)CC(C)N1C(=O)OC(C)(C)C. The second-order valence-electron chi connectivity index (χ2n) is 5.97. The van der Waals surface area contributed by atoms with E-state index in [2.05, 4.69) is 0 Å². The van der Waals surface area contributed by atoms with E-state index >= 15 is 0 Å². The Morgan fingerprint density at radius 1 is 1.39 bits per heavy atom. The third-order valence-corrected chi connectivity index (χ3v) is 2.99. The van der Waals surface area contributed by atoms with Crippen LogP contribution in [0.4, 0.5) is 4.79 Å². The molecule has 5 nitrogen and oxygen atoms in total. The van der Waals surface area contributed by atoms with Gasteiger partial charge < -0.3 is 19.5 Å². The Labute approximate surface area is 109 Å². The molecule has 1 heterocycles. The highest BCUT2D eigenvalue weighted by atomic mass is 16.6. The van der Waals surface area contributed by atoms with E-state index in [0.717, 1.165) is 0 Å². The summed E-state index contributed by atoms with van der Waals surface area (Å²) in [6.45, 7) is 7.88. The molecule has 106 valence electrons. The van der Waals surface area contributed by atoms with Crippen molar-refractivity contribution in [1.29, 1.82) is 0 Å². The number of methoxy groups -OCH3 is 1. The lowest BCUT2D eigenvalue weighted by molar-refractivity contribution is -0.0417. The summed E-state index contributed by atoms with van der Waals surface area (Å²) in [5.74, 6) is 0. The van der Waals surface area contributed by atoms with Crippen molar-refractivity contribution in [3.05, 3.63) is 0 Å². The van der Waals surface area contributed by atoms with E-state index in [-0.39, 0.29) is 24.3 Å². The van der Waals surface area contributed by atoms with Crippen molar-refractivity contribution in [3.63, 3.8) is 0 Å². The lowest BCUT2D eigenvalue weighted by atomic mass is 9.95. The first kappa shape index (κ1) is 15.2. The number of carbonyl (C=O) groups excluding carboxylic acids is 1. The Balaban J connectivity index is 2.77. The molecule has 1 aliphatic heterocycles. The van der Waals surface area contributed by atoms with Gasteiger partial charge in [-0.25, -0.2) is 4.79 Å². The molecule has 0 bridgehead atoms. The van der Waals surface area contributed by atoms with Crippen LogP contribution >= 0.6 is 0 Å². The van der Waals surface area contributed by atoms with Crippen LogP contribution in [0.2, 0.25) is 0 Å². The minimum atomic E-state index is -0.509. The topological polar surface area (TPSA) is 59.0 Å². The highest BCUT2D eigenvalue weighted by molar-refractivity contribution is 5.69. The predicted molar refractivity (Wildman–Crippen MR) is 68.4 cm³/mol. The molecular formula is C13H25NO4. The molecule has 1 amide bonds. The van der Waals surface area contributed by atoms with Crippen molar-refractivity contribution >= 4 is 6.09 Å². The Morgan fingerprint density at radius 2 is 2.00 bits per heavy atom. The van der Waals surface area contributed by atoms with Gasteiger partial charge >= 0.3 is 6.09 Å². The van der Waals surface area contributed by atoms with Crippen LogP contribution in [0.1, 0.15) is 40.5 Å². The molecule has 1 fully saturated rings. The van der Waals surface area contributed by atoms with Crippen LogP contribution in [0.15, 0.2) is 0 Å². The van der Waals surface area contributed by atoms with Gasteiger partial charge in [0.25, 0.3) is 0 Å². The number of piperidine rings is 1. The highest BCUT2D eigenvalue weighted by Crippen LogP contribution is 2.25. The summed E-state index contributed by atoms with van der Waals surface area (Å²) in [5.41, 5.74) is -0.509. The number of carbonyl (C=O) groups is 1. The van der Waals surface area contributed by atoms with Gasteiger partial charge in [-0.15, -0.1) is 0 Å². The minimum Gasteiger partial charge on any atom is -0.444 e. The van der Waals surface area contributed by atoms with Gasteiger partial charge in [0, 0.05) is 13.2 Å². The van der Waals surface area contributed by atoms with Crippen LogP contribution in [0, 0.1) is 0 Å². The fourth-order valence-corrected chi connectivity index (χ4v) is 2.38. The third kappa shape index (κ3) is 4.14. The van der Waals surface area contributed by atoms with Crippen LogP contribution < -0.4 is 0 Å². The van der Waals surface area contributed by atoms with Gasteiger partial charge in [-0.05, 0) is 40.5 Å². The van der Waals surface area contributed by atoms with Crippen LogP contribution in [-0.4, -0.2) is 53.6 Å². The molecule has 1 N–H and O–H groups in total. The van der Waals surface area contributed by atoms with Crippen molar-refractivity contribution in [2.24, 2.45) is 0 Å². The quantitative estimate of drug-likeness (QED) is 0.821. The molecule has 3 unspecified atom stereocenters. The van der Waals surface area contributed by atoms with Gasteiger partial charge in [0.2, 0.25) is 0 Å². The zero-order chi connectivity index (χ0) is 13.9. The molecule has 1 rings (SSSR count). The predicted octanol–water partition coefficient (Wildman–Crippen LogP) is 1.78. The molecule has 0 aromatic heterocycles. The van der Waals surface area contributed by atoms with Crippen molar-refractivity contribution in [2.75, 3.05) is 13.7 Å². The average molecular weight is 259 g/mol. The first-order valence-electron chi connectivity index (χ1n) is 6.43. The highest BCUT2D eigenvalue weighted by Gasteiger charge is 2.37. The standard InChI is InChI=1S/C13H25NO4/c1-9-6-11(15)7-10(8-17-5)14(9)12(16)18-13(2,3)4/h9-11,15H,6-8H2,1-5H3. The number of aliphatic hydroxyl groups is 1. The molecule has 0 aromatic rings. The van der Waals surface area contributed by atoms with Crippen molar-refractivity contribution in [2.45, 2.75) is 64.3 Å². The van der Waals surface area contributed by atoms with Crippen molar-refractivity contribution in [3.8, 4) is 0 Å². The summed E-state index contributed by atoms with van der Waals surface area (Å²) in [5, 5.41) is 9.77. The van der Waals surface area contributed by atoms with Crippen LogP contribution in [0.5, 0.6) is 0 Å². The van der Waals surface area contributed by atoms with E-state index in [1.807, 2.05) is 27.7 Å². The van der Waals surface area contributed by atoms with Crippen LogP contribution in [0.25, 0.3) is 0 Å². The maximum Gasteiger partial charge on any atom is 0.410 e. The number of aliphatic hydroxyl groups excluding tert-OH is 1. The van der Waals surface area contributed by atoms with Gasteiger partial charge in [-0.3, -0.25) is 0 Å². The van der Waals surface area contributed by atoms with E-state index < -0.39 is 5.60 Å². The Hall–Kier alpha value is -0.810. The maximum atomic E-state index is 12.2. The fraction of sp³-hybridized carbons (Fsp3) is 0.923. The van der Waals surface area contributed by atoms with Gasteiger partial charge in [0.05, 0.1) is 18.8 Å².